The van der Waals surface area contributed by atoms with Gasteiger partial charge in [0.2, 0.25) is 5.95 Å². The standard InChI is InChI=1S/C18H20F4N4O2/c1-5-23-16-11(18(20,21)22)8-24-17(26-16)25-13-7-12(19)10(6-14(13)28-4)15(27)9(2)3/h6-9H,5H2,1-4H3,(H2,23,24,25,26). The monoisotopic (exact) mass is 400 g/mol. The number of rotatable bonds is 7. The van der Waals surface area contributed by atoms with Gasteiger partial charge >= 0.3 is 6.18 Å². The SMILES string of the molecule is CCNc1nc(Nc2cc(F)c(C(=O)C(C)C)cc2OC)ncc1C(F)(F)F. The summed E-state index contributed by atoms with van der Waals surface area (Å²) in [5.41, 5.74) is -1.09. The highest BCUT2D eigenvalue weighted by Gasteiger charge is 2.35. The number of halogens is 4. The van der Waals surface area contributed by atoms with Crippen LogP contribution in [-0.2, 0) is 6.18 Å². The molecule has 1 aromatic carbocycles. The number of hydrogen-bond donors (Lipinski definition) is 2. The lowest BCUT2D eigenvalue weighted by Crippen LogP contribution is -2.14. The normalized spacial score (nSPS) is 11.5. The Kier molecular flexibility index (Phi) is 6.42. The third-order valence-corrected chi connectivity index (χ3v) is 3.76. The number of aromatic nitrogens is 2. The zero-order valence-corrected chi connectivity index (χ0v) is 15.7. The van der Waals surface area contributed by atoms with Gasteiger partial charge < -0.3 is 15.4 Å². The molecule has 0 atom stereocenters. The van der Waals surface area contributed by atoms with Crippen molar-refractivity contribution in [3.63, 3.8) is 0 Å². The topological polar surface area (TPSA) is 76.1 Å². The van der Waals surface area contributed by atoms with Gasteiger partial charge in [-0.1, -0.05) is 13.8 Å². The first-order chi connectivity index (χ1) is 13.1. The molecule has 0 amide bonds. The summed E-state index contributed by atoms with van der Waals surface area (Å²) in [6.45, 7) is 5.11. The Balaban J connectivity index is 2.43. The molecule has 1 heterocycles. The van der Waals surface area contributed by atoms with Crippen molar-refractivity contribution in [1.29, 1.82) is 0 Å². The largest absolute Gasteiger partial charge is 0.495 e. The molecule has 152 valence electrons. The molecule has 6 nitrogen and oxygen atoms in total. The summed E-state index contributed by atoms with van der Waals surface area (Å²) < 4.78 is 58.7. The van der Waals surface area contributed by atoms with E-state index >= 15 is 0 Å². The van der Waals surface area contributed by atoms with E-state index in [1.807, 2.05) is 0 Å². The Bertz CT molecular complexity index is 869. The number of hydrogen-bond acceptors (Lipinski definition) is 6. The molecule has 0 unspecified atom stereocenters. The molecule has 0 saturated carbocycles. The number of nitrogens with zero attached hydrogens (tertiary/aromatic N) is 2. The summed E-state index contributed by atoms with van der Waals surface area (Å²) in [6.07, 6.45) is -3.99. The lowest BCUT2D eigenvalue weighted by molar-refractivity contribution is -0.137. The fourth-order valence-corrected chi connectivity index (χ4v) is 2.39. The number of carbonyl (C=O) groups is 1. The first kappa shape index (κ1) is 21.4. The molecule has 0 aliphatic heterocycles. The molecule has 2 N–H and O–H groups in total. The van der Waals surface area contributed by atoms with Crippen molar-refractivity contribution in [1.82, 2.24) is 9.97 Å². The number of ketones is 1. The minimum absolute atomic E-state index is 0.0718. The minimum Gasteiger partial charge on any atom is -0.495 e. The summed E-state index contributed by atoms with van der Waals surface area (Å²) in [5.74, 6) is -2.08. The van der Waals surface area contributed by atoms with Crippen molar-refractivity contribution in [2.24, 2.45) is 5.92 Å². The number of alkyl halides is 3. The fourth-order valence-electron chi connectivity index (χ4n) is 2.39. The third kappa shape index (κ3) is 4.68. The lowest BCUT2D eigenvalue weighted by Gasteiger charge is -2.16. The van der Waals surface area contributed by atoms with Crippen LogP contribution < -0.4 is 15.4 Å². The number of carbonyl (C=O) groups excluding carboxylic acids is 1. The highest BCUT2D eigenvalue weighted by atomic mass is 19.4. The Morgan fingerprint density at radius 1 is 1.29 bits per heavy atom. The van der Waals surface area contributed by atoms with Crippen LogP contribution in [0.15, 0.2) is 18.3 Å². The molecule has 0 aliphatic rings. The Morgan fingerprint density at radius 2 is 1.96 bits per heavy atom. The Morgan fingerprint density at radius 3 is 2.50 bits per heavy atom. The van der Waals surface area contributed by atoms with Crippen LogP contribution in [0.1, 0.15) is 36.7 Å². The molecule has 0 bridgehead atoms. The van der Waals surface area contributed by atoms with Crippen molar-refractivity contribution in [2.75, 3.05) is 24.3 Å². The van der Waals surface area contributed by atoms with Gasteiger partial charge in [-0.15, -0.1) is 0 Å². The number of ether oxygens (including phenoxy) is 1. The number of methoxy groups -OCH3 is 1. The zero-order chi connectivity index (χ0) is 21.1. The van der Waals surface area contributed by atoms with E-state index < -0.39 is 35.1 Å². The maximum atomic E-state index is 14.4. The summed E-state index contributed by atoms with van der Waals surface area (Å²) >= 11 is 0. The molecule has 0 spiro atoms. The Labute approximate surface area is 159 Å². The average molecular weight is 400 g/mol. The van der Waals surface area contributed by atoms with Crippen LogP contribution in [0.2, 0.25) is 0 Å². The van der Waals surface area contributed by atoms with E-state index in [1.54, 1.807) is 20.8 Å². The molecular formula is C18H20F4N4O2. The molecule has 2 rings (SSSR count). The molecule has 0 aliphatic carbocycles. The summed E-state index contributed by atoms with van der Waals surface area (Å²) in [6, 6.07) is 2.25. The van der Waals surface area contributed by atoms with Gasteiger partial charge in [0, 0.05) is 24.7 Å². The second-order valence-electron chi connectivity index (χ2n) is 6.16. The van der Waals surface area contributed by atoms with E-state index in [0.717, 1.165) is 6.07 Å². The molecule has 28 heavy (non-hydrogen) atoms. The minimum atomic E-state index is -4.63. The van der Waals surface area contributed by atoms with Gasteiger partial charge in [-0.25, -0.2) is 9.37 Å². The third-order valence-electron chi connectivity index (χ3n) is 3.76. The van der Waals surface area contributed by atoms with Crippen LogP contribution in [-0.4, -0.2) is 29.4 Å². The van der Waals surface area contributed by atoms with Crippen LogP contribution >= 0.6 is 0 Å². The maximum absolute atomic E-state index is 14.4. The lowest BCUT2D eigenvalue weighted by atomic mass is 10.00. The number of benzene rings is 1. The van der Waals surface area contributed by atoms with Crippen LogP contribution in [0.25, 0.3) is 0 Å². The van der Waals surface area contributed by atoms with E-state index in [2.05, 4.69) is 20.6 Å². The zero-order valence-electron chi connectivity index (χ0n) is 15.7. The van der Waals surface area contributed by atoms with Crippen molar-refractivity contribution in [3.8, 4) is 5.75 Å². The maximum Gasteiger partial charge on any atom is 0.421 e. The van der Waals surface area contributed by atoms with E-state index in [9.17, 15) is 22.4 Å². The van der Waals surface area contributed by atoms with Crippen LogP contribution in [0, 0.1) is 11.7 Å². The van der Waals surface area contributed by atoms with Gasteiger partial charge in [-0.05, 0) is 13.0 Å². The molecule has 2 aromatic rings. The fraction of sp³-hybridized carbons (Fsp3) is 0.389. The second-order valence-corrected chi connectivity index (χ2v) is 6.16. The van der Waals surface area contributed by atoms with Crippen LogP contribution in [0.3, 0.4) is 0 Å². The van der Waals surface area contributed by atoms with Crippen LogP contribution in [0.5, 0.6) is 5.75 Å². The summed E-state index contributed by atoms with van der Waals surface area (Å²) in [4.78, 5) is 19.6. The van der Waals surface area contributed by atoms with Gasteiger partial charge in [0.25, 0.3) is 0 Å². The van der Waals surface area contributed by atoms with Crippen molar-refractivity contribution < 1.29 is 27.1 Å². The second kappa shape index (κ2) is 8.41. The van der Waals surface area contributed by atoms with E-state index in [1.165, 1.54) is 13.2 Å². The smallest absolute Gasteiger partial charge is 0.421 e. The quantitative estimate of drug-likeness (QED) is 0.520. The Hall–Kier alpha value is -2.91. The van der Waals surface area contributed by atoms with Gasteiger partial charge in [-0.2, -0.15) is 18.2 Å². The molecule has 0 saturated heterocycles. The predicted octanol–water partition coefficient (Wildman–Crippen LogP) is 4.66. The molecule has 1 aromatic heterocycles. The van der Waals surface area contributed by atoms with Gasteiger partial charge in [-0.3, -0.25) is 4.79 Å². The first-order valence-electron chi connectivity index (χ1n) is 8.45. The van der Waals surface area contributed by atoms with Crippen molar-refractivity contribution in [3.05, 3.63) is 35.3 Å². The molecule has 0 fully saturated rings. The van der Waals surface area contributed by atoms with Crippen LogP contribution in [0.4, 0.5) is 35.0 Å². The van der Waals surface area contributed by atoms with Gasteiger partial charge in [0.05, 0.1) is 18.4 Å². The number of Topliss-reactive ketones (excluding diaryl/α,β-unsaturated/α-hetero) is 1. The van der Waals surface area contributed by atoms with Gasteiger partial charge in [0.1, 0.15) is 22.9 Å². The molecular weight excluding hydrogens is 380 g/mol. The summed E-state index contributed by atoms with van der Waals surface area (Å²) in [5, 5.41) is 5.16. The molecule has 0 radical (unpaired) electrons. The predicted molar refractivity (Wildman–Crippen MR) is 96.6 cm³/mol. The highest BCUT2D eigenvalue weighted by molar-refractivity contribution is 5.98. The van der Waals surface area contributed by atoms with Crippen molar-refractivity contribution >= 4 is 23.2 Å². The highest BCUT2D eigenvalue weighted by Crippen LogP contribution is 2.35. The van der Waals surface area contributed by atoms with Gasteiger partial charge in [0.15, 0.2) is 5.78 Å². The van der Waals surface area contributed by atoms with E-state index in [-0.39, 0.29) is 29.5 Å². The molecule has 10 heteroatoms. The van der Waals surface area contributed by atoms with E-state index in [0.29, 0.717) is 6.20 Å². The van der Waals surface area contributed by atoms with E-state index in [4.69, 9.17) is 4.74 Å². The number of anilines is 3. The average Bonchev–Trinajstić information content (AvgIpc) is 2.61. The first-order valence-corrected chi connectivity index (χ1v) is 8.45. The van der Waals surface area contributed by atoms with Crippen molar-refractivity contribution in [2.45, 2.75) is 26.9 Å². The number of nitrogens with one attached hydrogen (secondary N) is 2. The summed E-state index contributed by atoms with van der Waals surface area (Å²) in [7, 11) is 1.32.